The van der Waals surface area contributed by atoms with Gasteiger partial charge in [-0.1, -0.05) is 36.4 Å². The summed E-state index contributed by atoms with van der Waals surface area (Å²) < 4.78 is 6.84. The maximum atomic E-state index is 14.0. The zero-order valence-electron chi connectivity index (χ0n) is 23.2. The van der Waals surface area contributed by atoms with Gasteiger partial charge in [0.1, 0.15) is 11.4 Å². The van der Waals surface area contributed by atoms with E-state index in [4.69, 9.17) is 4.74 Å². The molecule has 6 rings (SSSR count). The lowest BCUT2D eigenvalue weighted by Crippen LogP contribution is -2.39. The van der Waals surface area contributed by atoms with Gasteiger partial charge in [-0.2, -0.15) is 5.10 Å². The van der Waals surface area contributed by atoms with Crippen LogP contribution in [-0.4, -0.2) is 71.5 Å². The van der Waals surface area contributed by atoms with Gasteiger partial charge in [0.05, 0.1) is 18.9 Å². The van der Waals surface area contributed by atoms with E-state index in [1.807, 2.05) is 48.5 Å². The van der Waals surface area contributed by atoms with Crippen molar-refractivity contribution < 1.29 is 19.4 Å². The van der Waals surface area contributed by atoms with Gasteiger partial charge < -0.3 is 20.1 Å². The number of benzene rings is 3. The van der Waals surface area contributed by atoms with Crippen molar-refractivity contribution in [2.75, 3.05) is 38.7 Å². The van der Waals surface area contributed by atoms with Gasteiger partial charge in [-0.25, -0.2) is 4.68 Å². The number of carbonyl (C=O) groups excluding carboxylic acids is 2. The SMILES string of the molecule is CNC(=O)c1nn(-c2ccc(OC)cc2)c2c1CCN(c1ccc(-c3ccccc3CN3CC[C@@H](O)C3)cc1)C2=O. The Bertz CT molecular complexity index is 1580. The molecule has 2 N–H and O–H groups in total. The molecule has 0 spiro atoms. The molecular formula is C32H33N5O4. The number of rotatable bonds is 7. The van der Waals surface area contributed by atoms with Crippen molar-refractivity contribution in [2.24, 2.45) is 0 Å². The lowest BCUT2D eigenvalue weighted by atomic mass is 9.98. The Morgan fingerprint density at radius 2 is 1.76 bits per heavy atom. The summed E-state index contributed by atoms with van der Waals surface area (Å²) in [4.78, 5) is 30.7. The maximum Gasteiger partial charge on any atom is 0.277 e. The normalized spacial score (nSPS) is 17.0. The molecule has 41 heavy (non-hydrogen) atoms. The van der Waals surface area contributed by atoms with Gasteiger partial charge in [0, 0.05) is 44.5 Å². The molecule has 1 aromatic heterocycles. The van der Waals surface area contributed by atoms with Gasteiger partial charge in [0.15, 0.2) is 5.69 Å². The molecule has 0 saturated carbocycles. The third-order valence-corrected chi connectivity index (χ3v) is 7.92. The van der Waals surface area contributed by atoms with Crippen molar-refractivity contribution in [1.82, 2.24) is 20.0 Å². The minimum Gasteiger partial charge on any atom is -0.497 e. The first-order valence-electron chi connectivity index (χ1n) is 13.9. The van der Waals surface area contributed by atoms with Gasteiger partial charge in [-0.3, -0.25) is 14.5 Å². The largest absolute Gasteiger partial charge is 0.497 e. The fraction of sp³-hybridized carbons (Fsp3) is 0.281. The van der Waals surface area contributed by atoms with Crippen LogP contribution in [0.5, 0.6) is 5.75 Å². The lowest BCUT2D eigenvalue weighted by molar-refractivity contribution is 0.0956. The number of amides is 2. The van der Waals surface area contributed by atoms with Gasteiger partial charge in [0.2, 0.25) is 0 Å². The highest BCUT2D eigenvalue weighted by atomic mass is 16.5. The summed E-state index contributed by atoms with van der Waals surface area (Å²) in [6.07, 6.45) is 1.06. The highest BCUT2D eigenvalue weighted by Crippen LogP contribution is 2.32. The number of carbonyl (C=O) groups is 2. The molecule has 0 unspecified atom stereocenters. The number of fused-ring (bicyclic) bond motifs is 1. The summed E-state index contributed by atoms with van der Waals surface area (Å²) in [5, 5.41) is 17.2. The van der Waals surface area contributed by atoms with E-state index in [2.05, 4.69) is 27.4 Å². The second kappa shape index (κ2) is 11.2. The number of ether oxygens (including phenoxy) is 1. The van der Waals surface area contributed by atoms with Crippen molar-refractivity contribution in [3.8, 4) is 22.6 Å². The molecule has 1 atom stereocenters. The van der Waals surface area contributed by atoms with Crippen LogP contribution in [-0.2, 0) is 13.0 Å². The number of anilines is 1. The number of likely N-dealkylation sites (tertiary alicyclic amines) is 1. The summed E-state index contributed by atoms with van der Waals surface area (Å²) in [6, 6.07) is 23.6. The topological polar surface area (TPSA) is 99.9 Å². The van der Waals surface area contributed by atoms with E-state index in [9.17, 15) is 14.7 Å². The lowest BCUT2D eigenvalue weighted by Gasteiger charge is -2.28. The van der Waals surface area contributed by atoms with Crippen molar-refractivity contribution in [3.63, 3.8) is 0 Å². The summed E-state index contributed by atoms with van der Waals surface area (Å²) in [7, 11) is 3.16. The van der Waals surface area contributed by atoms with Crippen LogP contribution in [0.2, 0.25) is 0 Å². The number of β-amino-alcohol motifs (C(OH)–C–C–N with tert-alkyl or cyclic N) is 1. The van der Waals surface area contributed by atoms with Crippen LogP contribution in [0.3, 0.4) is 0 Å². The average Bonchev–Trinajstić information content (AvgIpc) is 3.61. The Morgan fingerprint density at radius 3 is 2.44 bits per heavy atom. The highest BCUT2D eigenvalue weighted by Gasteiger charge is 2.35. The molecule has 3 aromatic carbocycles. The molecule has 2 aliphatic rings. The molecular weight excluding hydrogens is 518 g/mol. The van der Waals surface area contributed by atoms with E-state index in [0.717, 1.165) is 36.3 Å². The van der Waals surface area contributed by atoms with E-state index in [1.165, 1.54) is 5.56 Å². The molecule has 210 valence electrons. The van der Waals surface area contributed by atoms with Gasteiger partial charge in [-0.05, 0) is 65.9 Å². The van der Waals surface area contributed by atoms with Crippen LogP contribution in [0, 0.1) is 0 Å². The molecule has 2 amide bonds. The number of nitrogens with one attached hydrogen (secondary N) is 1. The monoisotopic (exact) mass is 551 g/mol. The molecule has 0 bridgehead atoms. The third kappa shape index (κ3) is 5.10. The van der Waals surface area contributed by atoms with E-state index in [0.29, 0.717) is 42.2 Å². The standard InChI is InChI=1S/C32H33N5O4/c1-33-31(39)29-28-16-18-36(32(40)30(28)37(34-29)24-11-13-26(41-2)14-12-24)23-9-7-21(8-10-23)27-6-4-3-5-22(27)19-35-17-15-25(38)20-35/h3-14,25,38H,15-20H2,1-2H3,(H,33,39)/t25-/m1/s1. The number of aromatic nitrogens is 2. The minimum atomic E-state index is -0.318. The Balaban J connectivity index is 1.30. The van der Waals surface area contributed by atoms with Crippen LogP contribution < -0.4 is 15.0 Å². The van der Waals surface area contributed by atoms with E-state index >= 15 is 0 Å². The van der Waals surface area contributed by atoms with Crippen LogP contribution in [0.25, 0.3) is 16.8 Å². The molecule has 9 heteroatoms. The quantitative estimate of drug-likeness (QED) is 0.364. The fourth-order valence-corrected chi connectivity index (χ4v) is 5.77. The number of hydrogen-bond acceptors (Lipinski definition) is 6. The Labute approximate surface area is 239 Å². The molecule has 0 aliphatic carbocycles. The third-order valence-electron chi connectivity index (χ3n) is 7.92. The zero-order chi connectivity index (χ0) is 28.5. The summed E-state index contributed by atoms with van der Waals surface area (Å²) in [5.74, 6) is 0.167. The van der Waals surface area contributed by atoms with Crippen molar-refractivity contribution in [1.29, 1.82) is 0 Å². The second-order valence-electron chi connectivity index (χ2n) is 10.5. The predicted octanol–water partition coefficient (Wildman–Crippen LogP) is 3.68. The summed E-state index contributed by atoms with van der Waals surface area (Å²) in [6.45, 7) is 2.81. The fourth-order valence-electron chi connectivity index (χ4n) is 5.77. The first kappa shape index (κ1) is 26.7. The molecule has 2 aliphatic heterocycles. The molecule has 0 radical (unpaired) electrons. The van der Waals surface area contributed by atoms with Crippen molar-refractivity contribution >= 4 is 17.5 Å². The van der Waals surface area contributed by atoms with Gasteiger partial charge >= 0.3 is 0 Å². The van der Waals surface area contributed by atoms with Crippen LogP contribution in [0.4, 0.5) is 5.69 Å². The highest BCUT2D eigenvalue weighted by molar-refractivity contribution is 6.09. The van der Waals surface area contributed by atoms with Gasteiger partial charge in [-0.15, -0.1) is 0 Å². The zero-order valence-corrected chi connectivity index (χ0v) is 23.2. The summed E-state index contributed by atoms with van der Waals surface area (Å²) in [5.41, 5.74) is 6.18. The van der Waals surface area contributed by atoms with Gasteiger partial charge in [0.25, 0.3) is 11.8 Å². The minimum absolute atomic E-state index is 0.203. The maximum absolute atomic E-state index is 14.0. The average molecular weight is 552 g/mol. The van der Waals surface area contributed by atoms with E-state index in [1.54, 1.807) is 35.9 Å². The Kier molecular flexibility index (Phi) is 7.30. The smallest absolute Gasteiger partial charge is 0.277 e. The molecule has 9 nitrogen and oxygen atoms in total. The Morgan fingerprint density at radius 1 is 1.02 bits per heavy atom. The number of methoxy groups -OCH3 is 1. The van der Waals surface area contributed by atoms with Crippen molar-refractivity contribution in [3.05, 3.63) is 95.3 Å². The molecule has 3 heterocycles. The number of nitrogens with zero attached hydrogens (tertiary/aromatic N) is 4. The molecule has 1 fully saturated rings. The van der Waals surface area contributed by atoms with Crippen LogP contribution >= 0.6 is 0 Å². The first-order valence-corrected chi connectivity index (χ1v) is 13.9. The molecule has 4 aromatic rings. The Hall–Kier alpha value is -4.47. The molecule has 1 saturated heterocycles. The summed E-state index contributed by atoms with van der Waals surface area (Å²) >= 11 is 0. The van der Waals surface area contributed by atoms with Crippen molar-refractivity contribution in [2.45, 2.75) is 25.5 Å². The van der Waals surface area contributed by atoms with E-state index in [-0.39, 0.29) is 23.6 Å². The van der Waals surface area contributed by atoms with Crippen LogP contribution in [0.15, 0.2) is 72.8 Å². The predicted molar refractivity (Wildman–Crippen MR) is 157 cm³/mol. The first-order chi connectivity index (χ1) is 20.0. The van der Waals surface area contributed by atoms with Crippen LogP contribution in [0.1, 0.15) is 38.5 Å². The van der Waals surface area contributed by atoms with E-state index < -0.39 is 0 Å². The second-order valence-corrected chi connectivity index (χ2v) is 10.5. The number of aliphatic hydroxyl groups is 1. The number of hydrogen-bond donors (Lipinski definition) is 2. The number of aliphatic hydroxyl groups excluding tert-OH is 1.